The molecule has 1 aliphatic heterocycles. The second-order valence-electron chi connectivity index (χ2n) is 7.67. The Labute approximate surface area is 160 Å². The highest BCUT2D eigenvalue weighted by Crippen LogP contribution is 2.22. The van der Waals surface area contributed by atoms with Gasteiger partial charge in [-0.1, -0.05) is 42.5 Å². The smallest absolute Gasteiger partial charge is 0.408 e. The average Bonchev–Trinajstić information content (AvgIpc) is 3.02. The summed E-state index contributed by atoms with van der Waals surface area (Å²) in [6.45, 7) is 4.26. The standard InChI is InChI=1S/C23H28N2O2/c26-23-25(21-10-4-5-11-22(21)27-23)15-7-6-14-24-16-12-20(13-17-24)18-19-8-2-1-3-9-19/h1-5,8-11,20H,6-7,12-18H2. The molecule has 0 spiro atoms. The van der Waals surface area contributed by atoms with Crippen molar-refractivity contribution in [2.45, 2.75) is 38.6 Å². The Morgan fingerprint density at radius 3 is 2.41 bits per heavy atom. The van der Waals surface area contributed by atoms with E-state index in [9.17, 15) is 4.79 Å². The minimum atomic E-state index is -0.238. The minimum Gasteiger partial charge on any atom is -0.408 e. The summed E-state index contributed by atoms with van der Waals surface area (Å²) >= 11 is 0. The van der Waals surface area contributed by atoms with Gasteiger partial charge in [0.15, 0.2) is 5.58 Å². The molecule has 142 valence electrons. The van der Waals surface area contributed by atoms with Crippen LogP contribution in [0.25, 0.3) is 11.1 Å². The van der Waals surface area contributed by atoms with E-state index < -0.39 is 0 Å². The number of aryl methyl sites for hydroxylation is 1. The number of unbranched alkanes of at least 4 members (excludes halogenated alkanes) is 1. The third-order valence-electron chi connectivity index (χ3n) is 5.75. The van der Waals surface area contributed by atoms with Crippen LogP contribution in [0.2, 0.25) is 0 Å². The first-order chi connectivity index (χ1) is 13.3. The molecule has 0 aliphatic carbocycles. The van der Waals surface area contributed by atoms with Gasteiger partial charge in [0.05, 0.1) is 5.52 Å². The van der Waals surface area contributed by atoms with Crippen molar-refractivity contribution in [3.05, 3.63) is 70.7 Å². The average molecular weight is 364 g/mol. The zero-order chi connectivity index (χ0) is 18.5. The lowest BCUT2D eigenvalue weighted by Crippen LogP contribution is -2.35. The third-order valence-corrected chi connectivity index (χ3v) is 5.75. The van der Waals surface area contributed by atoms with Gasteiger partial charge in [0.25, 0.3) is 0 Å². The van der Waals surface area contributed by atoms with Crippen LogP contribution >= 0.6 is 0 Å². The van der Waals surface area contributed by atoms with Crippen LogP contribution in [0.4, 0.5) is 0 Å². The molecule has 0 atom stereocenters. The Bertz CT molecular complexity index is 905. The predicted molar refractivity (Wildman–Crippen MR) is 109 cm³/mol. The molecular weight excluding hydrogens is 336 g/mol. The van der Waals surface area contributed by atoms with Crippen LogP contribution in [-0.4, -0.2) is 29.1 Å². The van der Waals surface area contributed by atoms with Gasteiger partial charge < -0.3 is 9.32 Å². The van der Waals surface area contributed by atoms with Crippen molar-refractivity contribution in [2.75, 3.05) is 19.6 Å². The molecule has 2 heterocycles. The maximum absolute atomic E-state index is 12.0. The first-order valence-corrected chi connectivity index (χ1v) is 10.1. The highest BCUT2D eigenvalue weighted by atomic mass is 16.4. The molecule has 0 bridgehead atoms. The van der Waals surface area contributed by atoms with E-state index in [4.69, 9.17) is 4.42 Å². The summed E-state index contributed by atoms with van der Waals surface area (Å²) in [5.74, 6) is 0.581. The number of aromatic nitrogens is 1. The minimum absolute atomic E-state index is 0.238. The Morgan fingerprint density at radius 1 is 0.889 bits per heavy atom. The number of hydrogen-bond acceptors (Lipinski definition) is 3. The highest BCUT2D eigenvalue weighted by Gasteiger charge is 2.19. The summed E-state index contributed by atoms with van der Waals surface area (Å²) in [7, 11) is 0. The van der Waals surface area contributed by atoms with Gasteiger partial charge in [-0.15, -0.1) is 0 Å². The molecule has 0 N–H and O–H groups in total. The maximum atomic E-state index is 12.0. The number of nitrogens with zero attached hydrogens (tertiary/aromatic N) is 2. The normalized spacial score (nSPS) is 16.1. The van der Waals surface area contributed by atoms with Crippen molar-refractivity contribution in [1.82, 2.24) is 9.47 Å². The largest absolute Gasteiger partial charge is 0.419 e. The maximum Gasteiger partial charge on any atom is 0.419 e. The summed E-state index contributed by atoms with van der Waals surface area (Å²) in [6, 6.07) is 18.5. The highest BCUT2D eigenvalue weighted by molar-refractivity contribution is 5.72. The van der Waals surface area contributed by atoms with Gasteiger partial charge in [-0.3, -0.25) is 4.57 Å². The molecule has 2 aromatic carbocycles. The van der Waals surface area contributed by atoms with Crippen LogP contribution in [0, 0.1) is 5.92 Å². The van der Waals surface area contributed by atoms with Crippen molar-refractivity contribution < 1.29 is 4.42 Å². The SMILES string of the molecule is O=c1oc2ccccc2n1CCCCN1CCC(Cc2ccccc2)CC1. The Kier molecular flexibility index (Phi) is 5.73. The van der Waals surface area contributed by atoms with Gasteiger partial charge in [-0.05, 0) is 75.4 Å². The second-order valence-corrected chi connectivity index (χ2v) is 7.67. The van der Waals surface area contributed by atoms with Crippen molar-refractivity contribution >= 4 is 11.1 Å². The summed E-state index contributed by atoms with van der Waals surface area (Å²) in [5, 5.41) is 0. The Morgan fingerprint density at radius 2 is 1.59 bits per heavy atom. The lowest BCUT2D eigenvalue weighted by molar-refractivity contribution is 0.180. The lowest BCUT2D eigenvalue weighted by atomic mass is 9.90. The molecule has 0 radical (unpaired) electrons. The number of likely N-dealkylation sites (tertiary alicyclic amines) is 1. The van der Waals surface area contributed by atoms with E-state index in [2.05, 4.69) is 35.2 Å². The molecule has 0 saturated carbocycles. The van der Waals surface area contributed by atoms with E-state index in [0.717, 1.165) is 37.4 Å². The number of oxazole rings is 1. The van der Waals surface area contributed by atoms with Crippen molar-refractivity contribution in [2.24, 2.45) is 5.92 Å². The molecule has 1 saturated heterocycles. The van der Waals surface area contributed by atoms with Gasteiger partial charge >= 0.3 is 5.76 Å². The van der Waals surface area contributed by atoms with E-state index in [0.29, 0.717) is 5.58 Å². The van der Waals surface area contributed by atoms with E-state index in [1.54, 1.807) is 4.57 Å². The van der Waals surface area contributed by atoms with Crippen molar-refractivity contribution in [3.8, 4) is 0 Å². The molecule has 27 heavy (non-hydrogen) atoms. The van der Waals surface area contributed by atoms with Crippen molar-refractivity contribution in [1.29, 1.82) is 0 Å². The van der Waals surface area contributed by atoms with E-state index in [1.165, 1.54) is 37.9 Å². The molecule has 1 aliphatic rings. The molecule has 0 amide bonds. The monoisotopic (exact) mass is 364 g/mol. The zero-order valence-corrected chi connectivity index (χ0v) is 15.8. The number of rotatable bonds is 7. The molecule has 1 aromatic heterocycles. The summed E-state index contributed by atoms with van der Waals surface area (Å²) in [4.78, 5) is 14.6. The van der Waals surface area contributed by atoms with Crippen LogP contribution in [0.3, 0.4) is 0 Å². The fourth-order valence-corrected chi connectivity index (χ4v) is 4.19. The predicted octanol–water partition coefficient (Wildman–Crippen LogP) is 4.33. The number of para-hydroxylation sites is 2. The summed E-state index contributed by atoms with van der Waals surface area (Å²) < 4.78 is 7.07. The van der Waals surface area contributed by atoms with Crippen molar-refractivity contribution in [3.63, 3.8) is 0 Å². The number of benzene rings is 2. The summed E-state index contributed by atoms with van der Waals surface area (Å²) in [6.07, 6.45) is 5.93. The lowest BCUT2D eigenvalue weighted by Gasteiger charge is -2.32. The molecule has 4 rings (SSSR count). The molecule has 3 aromatic rings. The van der Waals surface area contributed by atoms with Gasteiger partial charge in [0.1, 0.15) is 0 Å². The number of fused-ring (bicyclic) bond motifs is 1. The first kappa shape index (κ1) is 18.1. The van der Waals surface area contributed by atoms with Gasteiger partial charge in [-0.25, -0.2) is 4.79 Å². The van der Waals surface area contributed by atoms with E-state index in [1.807, 2.05) is 24.3 Å². The topological polar surface area (TPSA) is 38.4 Å². The van der Waals surface area contributed by atoms with E-state index in [-0.39, 0.29) is 5.76 Å². The van der Waals surface area contributed by atoms with Crippen LogP contribution in [0.1, 0.15) is 31.2 Å². The molecular formula is C23H28N2O2. The van der Waals surface area contributed by atoms with Crippen LogP contribution in [-0.2, 0) is 13.0 Å². The van der Waals surface area contributed by atoms with Crippen LogP contribution in [0.5, 0.6) is 0 Å². The second kappa shape index (κ2) is 8.57. The van der Waals surface area contributed by atoms with Crippen LogP contribution < -0.4 is 5.76 Å². The van der Waals surface area contributed by atoms with Gasteiger partial charge in [-0.2, -0.15) is 0 Å². The first-order valence-electron chi connectivity index (χ1n) is 10.1. The molecule has 0 unspecified atom stereocenters. The fourth-order valence-electron chi connectivity index (χ4n) is 4.19. The third kappa shape index (κ3) is 4.51. The van der Waals surface area contributed by atoms with Gasteiger partial charge in [0, 0.05) is 6.54 Å². The van der Waals surface area contributed by atoms with Gasteiger partial charge in [0.2, 0.25) is 0 Å². The fraction of sp³-hybridized carbons (Fsp3) is 0.435. The number of piperidine rings is 1. The van der Waals surface area contributed by atoms with Crippen LogP contribution in [0.15, 0.2) is 63.8 Å². The molecule has 4 nitrogen and oxygen atoms in total. The quantitative estimate of drug-likeness (QED) is 0.586. The van der Waals surface area contributed by atoms with E-state index >= 15 is 0 Å². The number of hydrogen-bond donors (Lipinski definition) is 0. The molecule has 1 fully saturated rings. The zero-order valence-electron chi connectivity index (χ0n) is 15.8. The summed E-state index contributed by atoms with van der Waals surface area (Å²) in [5.41, 5.74) is 3.06. The Balaban J connectivity index is 1.19. The molecule has 4 heteroatoms. The Hall–Kier alpha value is -2.33.